The number of H-pyrrole nitrogens is 1. The summed E-state index contributed by atoms with van der Waals surface area (Å²) in [6.07, 6.45) is 4.43. The van der Waals surface area contributed by atoms with Crippen molar-refractivity contribution in [2.75, 3.05) is 18.0 Å². The Morgan fingerprint density at radius 1 is 1.04 bits per heavy atom. The van der Waals surface area contributed by atoms with Gasteiger partial charge in [-0.3, -0.25) is 0 Å². The molecule has 124 valence electrons. The standard InChI is InChI=1S/C21H25N3/c1-16-3-2-4-17(13-16)15-24(19-8-10-22-11-9-19)20-5-6-21-18(14-20)7-12-23-21/h2-7,12-14,19,22-23H,8-11,15H2,1H3. The maximum Gasteiger partial charge on any atom is 0.0455 e. The summed E-state index contributed by atoms with van der Waals surface area (Å²) in [6, 6.07) is 18.4. The molecule has 24 heavy (non-hydrogen) atoms. The SMILES string of the molecule is Cc1cccc(CN(c2ccc3[nH]ccc3c2)C2CCNCC2)c1. The minimum absolute atomic E-state index is 0.600. The fourth-order valence-electron chi connectivity index (χ4n) is 3.78. The molecule has 2 N–H and O–H groups in total. The number of aryl methyl sites for hydroxylation is 1. The van der Waals surface area contributed by atoms with Gasteiger partial charge in [0.2, 0.25) is 0 Å². The highest BCUT2D eigenvalue weighted by atomic mass is 15.2. The lowest BCUT2D eigenvalue weighted by Gasteiger charge is -2.36. The number of hydrogen-bond donors (Lipinski definition) is 2. The van der Waals surface area contributed by atoms with Crippen molar-refractivity contribution < 1.29 is 0 Å². The molecule has 2 aromatic carbocycles. The summed E-state index contributed by atoms with van der Waals surface area (Å²) >= 11 is 0. The van der Waals surface area contributed by atoms with Crippen LogP contribution in [0.1, 0.15) is 24.0 Å². The molecule has 0 bridgehead atoms. The van der Waals surface area contributed by atoms with Crippen LogP contribution in [0.2, 0.25) is 0 Å². The molecule has 0 unspecified atom stereocenters. The fraction of sp³-hybridized carbons (Fsp3) is 0.333. The summed E-state index contributed by atoms with van der Waals surface area (Å²) in [5, 5.41) is 4.78. The maximum absolute atomic E-state index is 3.49. The molecule has 2 heterocycles. The third-order valence-corrected chi connectivity index (χ3v) is 5.05. The molecule has 1 aromatic heterocycles. The lowest BCUT2D eigenvalue weighted by molar-refractivity contribution is 0.428. The Kier molecular flexibility index (Phi) is 4.26. The molecule has 1 saturated heterocycles. The van der Waals surface area contributed by atoms with Crippen molar-refractivity contribution in [2.45, 2.75) is 32.4 Å². The highest BCUT2D eigenvalue weighted by molar-refractivity contribution is 5.83. The van der Waals surface area contributed by atoms with Crippen molar-refractivity contribution in [1.29, 1.82) is 0 Å². The van der Waals surface area contributed by atoms with Gasteiger partial charge < -0.3 is 15.2 Å². The molecule has 0 aliphatic carbocycles. The number of hydrogen-bond acceptors (Lipinski definition) is 2. The summed E-state index contributed by atoms with van der Waals surface area (Å²) in [5.41, 5.74) is 5.26. The molecule has 0 spiro atoms. The molecule has 0 radical (unpaired) electrons. The van der Waals surface area contributed by atoms with Gasteiger partial charge in [-0.1, -0.05) is 29.8 Å². The van der Waals surface area contributed by atoms with E-state index in [4.69, 9.17) is 0 Å². The Bertz CT molecular complexity index is 815. The van der Waals surface area contributed by atoms with E-state index in [0.717, 1.165) is 19.6 Å². The molecular formula is C21H25N3. The van der Waals surface area contributed by atoms with Crippen LogP contribution in [0.3, 0.4) is 0 Å². The first-order valence-electron chi connectivity index (χ1n) is 8.90. The molecular weight excluding hydrogens is 294 g/mol. The van der Waals surface area contributed by atoms with Crippen molar-refractivity contribution in [3.05, 3.63) is 65.9 Å². The second-order valence-corrected chi connectivity index (χ2v) is 6.85. The first kappa shape index (κ1) is 15.3. The van der Waals surface area contributed by atoms with E-state index in [2.05, 4.69) is 70.7 Å². The van der Waals surface area contributed by atoms with E-state index in [1.807, 2.05) is 6.20 Å². The Hall–Kier alpha value is -2.26. The third-order valence-electron chi connectivity index (χ3n) is 5.05. The number of nitrogens with one attached hydrogen (secondary N) is 2. The Labute approximate surface area is 143 Å². The van der Waals surface area contributed by atoms with Crippen LogP contribution in [0.5, 0.6) is 0 Å². The van der Waals surface area contributed by atoms with Gasteiger partial charge in [0.05, 0.1) is 0 Å². The monoisotopic (exact) mass is 319 g/mol. The minimum atomic E-state index is 0.600. The second kappa shape index (κ2) is 6.70. The average Bonchev–Trinajstić information content (AvgIpc) is 3.08. The first-order valence-corrected chi connectivity index (χ1v) is 8.90. The van der Waals surface area contributed by atoms with Gasteiger partial charge in [-0.15, -0.1) is 0 Å². The largest absolute Gasteiger partial charge is 0.364 e. The lowest BCUT2D eigenvalue weighted by atomic mass is 10.0. The normalized spacial score (nSPS) is 15.7. The Morgan fingerprint density at radius 2 is 1.92 bits per heavy atom. The number of rotatable bonds is 4. The highest BCUT2D eigenvalue weighted by Gasteiger charge is 2.22. The van der Waals surface area contributed by atoms with Crippen LogP contribution < -0.4 is 10.2 Å². The van der Waals surface area contributed by atoms with Crippen LogP contribution in [0.15, 0.2) is 54.7 Å². The zero-order chi connectivity index (χ0) is 16.4. The van der Waals surface area contributed by atoms with Crippen LogP contribution in [-0.2, 0) is 6.54 Å². The van der Waals surface area contributed by atoms with Crippen LogP contribution >= 0.6 is 0 Å². The summed E-state index contributed by atoms with van der Waals surface area (Å²) in [7, 11) is 0. The van der Waals surface area contributed by atoms with E-state index in [0.29, 0.717) is 6.04 Å². The second-order valence-electron chi connectivity index (χ2n) is 6.85. The molecule has 3 nitrogen and oxygen atoms in total. The molecule has 3 heteroatoms. The van der Waals surface area contributed by atoms with Gasteiger partial charge in [0, 0.05) is 35.4 Å². The van der Waals surface area contributed by atoms with Crippen LogP contribution in [-0.4, -0.2) is 24.1 Å². The van der Waals surface area contributed by atoms with E-state index in [1.54, 1.807) is 0 Å². The maximum atomic E-state index is 3.49. The smallest absolute Gasteiger partial charge is 0.0455 e. The molecule has 1 fully saturated rings. The van der Waals surface area contributed by atoms with Crippen LogP contribution in [0, 0.1) is 6.92 Å². The molecule has 4 rings (SSSR count). The summed E-state index contributed by atoms with van der Waals surface area (Å²) < 4.78 is 0. The zero-order valence-corrected chi connectivity index (χ0v) is 14.3. The van der Waals surface area contributed by atoms with Gasteiger partial charge in [-0.25, -0.2) is 0 Å². The number of fused-ring (bicyclic) bond motifs is 1. The number of nitrogens with zero attached hydrogens (tertiary/aromatic N) is 1. The van der Waals surface area contributed by atoms with Crippen LogP contribution in [0.25, 0.3) is 10.9 Å². The summed E-state index contributed by atoms with van der Waals surface area (Å²) in [4.78, 5) is 5.89. The molecule has 0 atom stereocenters. The van der Waals surface area contributed by atoms with E-state index < -0.39 is 0 Å². The van der Waals surface area contributed by atoms with Crippen molar-refractivity contribution in [2.24, 2.45) is 0 Å². The molecule has 0 amide bonds. The number of piperidine rings is 1. The number of benzene rings is 2. The average molecular weight is 319 g/mol. The quantitative estimate of drug-likeness (QED) is 0.754. The van der Waals surface area contributed by atoms with E-state index in [-0.39, 0.29) is 0 Å². The lowest BCUT2D eigenvalue weighted by Crippen LogP contribution is -2.43. The summed E-state index contributed by atoms with van der Waals surface area (Å²) in [5.74, 6) is 0. The molecule has 0 saturated carbocycles. The zero-order valence-electron chi connectivity index (χ0n) is 14.3. The van der Waals surface area contributed by atoms with Gasteiger partial charge in [-0.2, -0.15) is 0 Å². The Balaban J connectivity index is 1.68. The van der Waals surface area contributed by atoms with E-state index >= 15 is 0 Å². The first-order chi connectivity index (χ1) is 11.8. The van der Waals surface area contributed by atoms with Gasteiger partial charge in [0.15, 0.2) is 0 Å². The Morgan fingerprint density at radius 3 is 2.75 bits per heavy atom. The summed E-state index contributed by atoms with van der Waals surface area (Å²) in [6.45, 7) is 5.37. The van der Waals surface area contributed by atoms with Crippen molar-refractivity contribution in [3.8, 4) is 0 Å². The van der Waals surface area contributed by atoms with Crippen molar-refractivity contribution >= 4 is 16.6 Å². The minimum Gasteiger partial charge on any atom is -0.364 e. The van der Waals surface area contributed by atoms with Gasteiger partial charge in [0.1, 0.15) is 0 Å². The predicted molar refractivity (Wildman–Crippen MR) is 102 cm³/mol. The number of anilines is 1. The predicted octanol–water partition coefficient (Wildman–Crippen LogP) is 4.23. The number of aromatic nitrogens is 1. The third kappa shape index (κ3) is 3.17. The van der Waals surface area contributed by atoms with Crippen molar-refractivity contribution in [3.63, 3.8) is 0 Å². The van der Waals surface area contributed by atoms with Crippen molar-refractivity contribution in [1.82, 2.24) is 10.3 Å². The number of aromatic amines is 1. The van der Waals surface area contributed by atoms with Gasteiger partial charge >= 0.3 is 0 Å². The van der Waals surface area contributed by atoms with Crippen LogP contribution in [0.4, 0.5) is 5.69 Å². The van der Waals surface area contributed by atoms with Gasteiger partial charge in [0.25, 0.3) is 0 Å². The topological polar surface area (TPSA) is 31.1 Å². The fourth-order valence-corrected chi connectivity index (χ4v) is 3.78. The highest BCUT2D eigenvalue weighted by Crippen LogP contribution is 2.27. The van der Waals surface area contributed by atoms with E-state index in [1.165, 1.54) is 40.6 Å². The molecule has 3 aromatic rings. The molecule has 1 aliphatic rings. The molecule has 1 aliphatic heterocycles. The van der Waals surface area contributed by atoms with Gasteiger partial charge in [-0.05, 0) is 62.7 Å². The van der Waals surface area contributed by atoms with E-state index in [9.17, 15) is 0 Å².